The maximum Gasteiger partial charge on any atom is 0.105 e. The van der Waals surface area contributed by atoms with Crippen LogP contribution in [0.5, 0.6) is 0 Å². The highest BCUT2D eigenvalue weighted by Gasteiger charge is 2.28. The van der Waals surface area contributed by atoms with Gasteiger partial charge in [-0.05, 0) is 59.3 Å². The largest absolute Gasteiger partial charge is 0.363 e. The van der Waals surface area contributed by atoms with Crippen molar-refractivity contribution < 1.29 is 0 Å². The van der Waals surface area contributed by atoms with Crippen LogP contribution in [0.4, 0.5) is 11.4 Å². The molecule has 2 N–H and O–H groups in total. The van der Waals surface area contributed by atoms with Gasteiger partial charge in [-0.2, -0.15) is 0 Å². The fraction of sp³-hybridized carbons (Fsp3) is 0.586. The molecule has 2 aromatic carbocycles. The molecule has 0 radical (unpaired) electrons. The molecule has 0 bridgehead atoms. The van der Waals surface area contributed by atoms with Gasteiger partial charge >= 0.3 is 0 Å². The van der Waals surface area contributed by atoms with Crippen molar-refractivity contribution in [3.05, 3.63) is 58.7 Å². The first-order valence-electron chi connectivity index (χ1n) is 12.3. The second kappa shape index (κ2) is 10.6. The van der Waals surface area contributed by atoms with E-state index in [9.17, 15) is 0 Å². The second-order valence-electron chi connectivity index (χ2n) is 10.6. The molecule has 0 aliphatic carbocycles. The van der Waals surface area contributed by atoms with Crippen LogP contribution in [0, 0.1) is 0 Å². The molecular weight excluding hydrogens is 376 g/mol. The molecule has 2 nitrogen and oxygen atoms in total. The van der Waals surface area contributed by atoms with E-state index in [0.717, 1.165) is 12.8 Å². The van der Waals surface area contributed by atoms with Gasteiger partial charge in [0.25, 0.3) is 0 Å². The lowest BCUT2D eigenvalue weighted by Crippen LogP contribution is -2.44. The number of rotatable bonds is 10. The molecule has 31 heavy (non-hydrogen) atoms. The van der Waals surface area contributed by atoms with Gasteiger partial charge in [0, 0.05) is 11.4 Å². The van der Waals surface area contributed by atoms with Crippen molar-refractivity contribution in [2.24, 2.45) is 0 Å². The minimum atomic E-state index is -0.238. The molecule has 0 atom stereocenters. The third-order valence-corrected chi connectivity index (χ3v) is 6.30. The van der Waals surface area contributed by atoms with Gasteiger partial charge in [0.2, 0.25) is 0 Å². The van der Waals surface area contributed by atoms with Gasteiger partial charge in [0.05, 0.1) is 0 Å². The van der Waals surface area contributed by atoms with Crippen LogP contribution >= 0.6 is 0 Å². The Labute approximate surface area is 192 Å². The molecule has 0 saturated heterocycles. The van der Waals surface area contributed by atoms with Crippen LogP contribution in [-0.2, 0) is 0 Å². The molecule has 2 aromatic rings. The van der Waals surface area contributed by atoms with Gasteiger partial charge in [0.15, 0.2) is 0 Å². The lowest BCUT2D eigenvalue weighted by Gasteiger charge is -2.38. The topological polar surface area (TPSA) is 24.1 Å². The normalized spacial score (nSPS) is 12.3. The molecule has 0 unspecified atom stereocenters. The molecule has 2 rings (SSSR count). The minimum Gasteiger partial charge on any atom is -0.363 e. The number of hydrogen-bond acceptors (Lipinski definition) is 2. The molecule has 0 aromatic heterocycles. The van der Waals surface area contributed by atoms with Crippen molar-refractivity contribution in [2.45, 2.75) is 111 Å². The maximum atomic E-state index is 4.03. The summed E-state index contributed by atoms with van der Waals surface area (Å²) in [6, 6.07) is 13.6. The zero-order chi connectivity index (χ0) is 23.3. The van der Waals surface area contributed by atoms with Crippen molar-refractivity contribution in [3.8, 4) is 0 Å². The molecular formula is C29H46N2. The number of nitrogens with one attached hydrogen (secondary N) is 2. The Hall–Kier alpha value is -1.96. The first-order valence-corrected chi connectivity index (χ1v) is 12.3. The van der Waals surface area contributed by atoms with E-state index in [2.05, 4.69) is 116 Å². The van der Waals surface area contributed by atoms with Gasteiger partial charge < -0.3 is 10.6 Å². The Morgan fingerprint density at radius 3 is 1.13 bits per heavy atom. The highest BCUT2D eigenvalue weighted by atomic mass is 15.2. The maximum absolute atomic E-state index is 4.03. The lowest BCUT2D eigenvalue weighted by atomic mass is 9.90. The predicted molar refractivity (Wildman–Crippen MR) is 140 cm³/mol. The average Bonchev–Trinajstić information content (AvgIpc) is 2.67. The number of hydrogen-bond donors (Lipinski definition) is 2. The van der Waals surface area contributed by atoms with E-state index in [1.807, 2.05) is 0 Å². The van der Waals surface area contributed by atoms with Crippen LogP contribution < -0.4 is 10.6 Å². The molecule has 172 valence electrons. The Morgan fingerprint density at radius 2 is 0.903 bits per heavy atom. The number of benzene rings is 2. The summed E-state index contributed by atoms with van der Waals surface area (Å²) < 4.78 is 0. The Kier molecular flexibility index (Phi) is 8.63. The Bertz CT molecular complexity index is 728. The number of para-hydroxylation sites is 2. The van der Waals surface area contributed by atoms with Crippen molar-refractivity contribution in [1.82, 2.24) is 0 Å². The fourth-order valence-electron chi connectivity index (χ4n) is 4.60. The second-order valence-corrected chi connectivity index (χ2v) is 10.6. The van der Waals surface area contributed by atoms with E-state index in [1.54, 1.807) is 0 Å². The van der Waals surface area contributed by atoms with Crippen LogP contribution in [0.25, 0.3) is 0 Å². The predicted octanol–water partition coefficient (Wildman–Crippen LogP) is 9.22. The van der Waals surface area contributed by atoms with Gasteiger partial charge in [-0.15, -0.1) is 0 Å². The van der Waals surface area contributed by atoms with E-state index in [-0.39, 0.29) is 5.66 Å². The summed E-state index contributed by atoms with van der Waals surface area (Å²) in [5.41, 5.74) is 7.98. The van der Waals surface area contributed by atoms with Gasteiger partial charge in [-0.1, -0.05) is 105 Å². The van der Waals surface area contributed by atoms with Crippen molar-refractivity contribution in [1.29, 1.82) is 0 Å². The van der Waals surface area contributed by atoms with Crippen molar-refractivity contribution in [2.75, 3.05) is 10.6 Å². The van der Waals surface area contributed by atoms with Gasteiger partial charge in [0.1, 0.15) is 5.66 Å². The van der Waals surface area contributed by atoms with Crippen LogP contribution in [0.3, 0.4) is 0 Å². The van der Waals surface area contributed by atoms with Crippen molar-refractivity contribution >= 4 is 11.4 Å². The van der Waals surface area contributed by atoms with Crippen LogP contribution in [0.2, 0.25) is 0 Å². The van der Waals surface area contributed by atoms with E-state index in [1.165, 1.54) is 33.6 Å². The third kappa shape index (κ3) is 6.05. The molecule has 0 aliphatic rings. The average molecular weight is 423 g/mol. The van der Waals surface area contributed by atoms with Gasteiger partial charge in [-0.3, -0.25) is 0 Å². The quantitative estimate of drug-likeness (QED) is 0.373. The Morgan fingerprint density at radius 1 is 0.613 bits per heavy atom. The molecule has 0 aliphatic heterocycles. The highest BCUT2D eigenvalue weighted by molar-refractivity contribution is 5.66. The first kappa shape index (κ1) is 25.3. The first-order chi connectivity index (χ1) is 14.5. The number of anilines is 2. The van der Waals surface area contributed by atoms with E-state index in [4.69, 9.17) is 0 Å². The van der Waals surface area contributed by atoms with Crippen LogP contribution in [0.15, 0.2) is 36.4 Å². The summed E-state index contributed by atoms with van der Waals surface area (Å²) in [6.07, 6.45) is 2.15. The van der Waals surface area contributed by atoms with Crippen molar-refractivity contribution in [3.63, 3.8) is 0 Å². The molecule has 0 fully saturated rings. The zero-order valence-electron chi connectivity index (χ0n) is 21.7. The lowest BCUT2D eigenvalue weighted by molar-refractivity contribution is 0.521. The van der Waals surface area contributed by atoms with E-state index < -0.39 is 0 Å². The summed E-state index contributed by atoms with van der Waals surface area (Å²) >= 11 is 0. The summed E-state index contributed by atoms with van der Waals surface area (Å²) in [5.74, 6) is 1.89. The van der Waals surface area contributed by atoms with Gasteiger partial charge in [-0.25, -0.2) is 0 Å². The minimum absolute atomic E-state index is 0.238. The summed E-state index contributed by atoms with van der Waals surface area (Å²) in [4.78, 5) is 0. The smallest absolute Gasteiger partial charge is 0.105 e. The molecule has 0 saturated carbocycles. The highest BCUT2D eigenvalue weighted by Crippen LogP contribution is 2.38. The summed E-state index contributed by atoms with van der Waals surface area (Å²) in [7, 11) is 0. The Balaban J connectivity index is 2.60. The molecule has 0 heterocycles. The summed E-state index contributed by atoms with van der Waals surface area (Å²) in [5, 5.41) is 8.05. The molecule has 0 amide bonds. The standard InChI is InChI=1S/C29H46N2/c1-11-18-29(10,30-27-23(19(2)3)14-12-15-24(27)20(4)5)31-28-25(21(6)7)16-13-17-26(28)22(8)9/h12-17,19-22,30-31H,11,18H2,1-10H3. The fourth-order valence-corrected chi connectivity index (χ4v) is 4.60. The third-order valence-electron chi connectivity index (χ3n) is 6.30. The zero-order valence-corrected chi connectivity index (χ0v) is 21.7. The SMILES string of the molecule is CCCC(C)(Nc1c(C(C)C)cccc1C(C)C)Nc1c(C(C)C)cccc1C(C)C. The van der Waals surface area contributed by atoms with Crippen LogP contribution in [-0.4, -0.2) is 5.66 Å². The van der Waals surface area contributed by atoms with Crippen LogP contribution in [0.1, 0.15) is 128 Å². The summed E-state index contributed by atoms with van der Waals surface area (Å²) in [6.45, 7) is 22.9. The molecule has 2 heteroatoms. The monoisotopic (exact) mass is 422 g/mol. The van der Waals surface area contributed by atoms with E-state index >= 15 is 0 Å². The molecule has 0 spiro atoms. The van der Waals surface area contributed by atoms with E-state index in [0.29, 0.717) is 23.7 Å².